The number of imidazole rings is 1. The van der Waals surface area contributed by atoms with E-state index in [0.717, 1.165) is 0 Å². The number of benzene rings is 1. The molecule has 2 N–H and O–H groups in total. The number of nitrogens with zero attached hydrogens (tertiary/aromatic N) is 6. The topological polar surface area (TPSA) is 121 Å². The lowest BCUT2D eigenvalue weighted by molar-refractivity contribution is 0.254. The number of H-pyrrole nitrogens is 1. The molecule has 4 aromatic rings. The number of methoxy groups -OCH3 is 1. The number of ether oxygens (including phenoxy) is 1. The first-order chi connectivity index (χ1) is 19.0. The molecular formula is C26H25Cl2FN8O3. The summed E-state index contributed by atoms with van der Waals surface area (Å²) in [5.41, 5.74) is 0.720. The van der Waals surface area contributed by atoms with E-state index in [1.165, 1.54) is 36.4 Å². The Hall–Kier alpha value is -4.16. The van der Waals surface area contributed by atoms with E-state index in [4.69, 9.17) is 32.9 Å². The summed E-state index contributed by atoms with van der Waals surface area (Å²) >= 11 is 12.2. The second-order valence-corrected chi connectivity index (χ2v) is 10.4. The number of amides is 2. The third-order valence-corrected chi connectivity index (χ3v) is 6.89. The normalized spacial score (nSPS) is 14.8. The Morgan fingerprint density at radius 2 is 1.90 bits per heavy atom. The molecular weight excluding hydrogens is 562 g/mol. The first kappa shape index (κ1) is 27.4. The number of aromatic nitrogens is 5. The van der Waals surface area contributed by atoms with Crippen molar-refractivity contribution in [3.63, 3.8) is 0 Å². The summed E-state index contributed by atoms with van der Waals surface area (Å²) in [6, 6.07) is 3.72. The van der Waals surface area contributed by atoms with Crippen LogP contribution in [0.3, 0.4) is 0 Å². The van der Waals surface area contributed by atoms with Crippen molar-refractivity contribution in [2.75, 3.05) is 36.3 Å². The van der Waals surface area contributed by atoms with Gasteiger partial charge in [-0.3, -0.25) is 15.0 Å². The van der Waals surface area contributed by atoms with Gasteiger partial charge >= 0.3 is 6.03 Å². The number of nitrogens with one attached hydrogen (secondary N) is 2. The first-order valence-corrected chi connectivity index (χ1v) is 12.9. The number of hydrogen-bond acceptors (Lipinski definition) is 7. The van der Waals surface area contributed by atoms with Gasteiger partial charge in [-0.05, 0) is 37.6 Å². The number of anilines is 3. The van der Waals surface area contributed by atoms with Gasteiger partial charge in [0.25, 0.3) is 5.56 Å². The van der Waals surface area contributed by atoms with Crippen molar-refractivity contribution in [3.8, 4) is 17.3 Å². The van der Waals surface area contributed by atoms with Crippen LogP contribution in [0.4, 0.5) is 26.6 Å². The predicted molar refractivity (Wildman–Crippen MR) is 151 cm³/mol. The minimum atomic E-state index is -0.994. The maximum atomic E-state index is 14.8. The molecule has 1 aliphatic heterocycles. The number of aromatic amines is 1. The Balaban J connectivity index is 1.82. The molecule has 0 fully saturated rings. The number of hydrogen-bond donors (Lipinski definition) is 2. The Labute approximate surface area is 238 Å². The molecule has 0 saturated heterocycles. The van der Waals surface area contributed by atoms with Crippen molar-refractivity contribution in [3.05, 3.63) is 74.1 Å². The maximum absolute atomic E-state index is 14.8. The zero-order valence-corrected chi connectivity index (χ0v) is 23.7. The molecule has 208 valence electrons. The smallest absolute Gasteiger partial charge is 0.328 e. The first-order valence-electron chi connectivity index (χ1n) is 12.2. The molecule has 5 rings (SSSR count). The van der Waals surface area contributed by atoms with Gasteiger partial charge in [0, 0.05) is 32.5 Å². The Morgan fingerprint density at radius 3 is 2.55 bits per heavy atom. The summed E-state index contributed by atoms with van der Waals surface area (Å²) in [7, 11) is 5.10. The number of halogens is 3. The summed E-state index contributed by atoms with van der Waals surface area (Å²) < 4.78 is 22.3. The minimum absolute atomic E-state index is 0.0367. The van der Waals surface area contributed by atoms with Crippen LogP contribution in [0.5, 0.6) is 5.88 Å². The molecule has 0 aliphatic carbocycles. The lowest BCUT2D eigenvalue weighted by atomic mass is 9.98. The van der Waals surface area contributed by atoms with Crippen molar-refractivity contribution < 1.29 is 13.9 Å². The number of pyridine rings is 1. The average Bonchev–Trinajstić information content (AvgIpc) is 3.29. The zero-order chi connectivity index (χ0) is 28.9. The molecule has 0 spiro atoms. The van der Waals surface area contributed by atoms with Crippen LogP contribution in [0.15, 0.2) is 41.5 Å². The molecule has 1 unspecified atom stereocenters. The highest BCUT2D eigenvalue weighted by Gasteiger charge is 2.42. The average molecular weight is 587 g/mol. The summed E-state index contributed by atoms with van der Waals surface area (Å²) in [5.74, 6) is 0.650. The molecule has 0 radical (unpaired) electrons. The highest BCUT2D eigenvalue weighted by molar-refractivity contribution is 6.31. The molecule has 3 aromatic heterocycles. The predicted octanol–water partition coefficient (Wildman–Crippen LogP) is 5.27. The van der Waals surface area contributed by atoms with E-state index in [-0.39, 0.29) is 33.5 Å². The quantitative estimate of drug-likeness (QED) is 0.315. The van der Waals surface area contributed by atoms with Crippen LogP contribution in [-0.2, 0) is 0 Å². The van der Waals surface area contributed by atoms with Crippen molar-refractivity contribution in [1.29, 1.82) is 0 Å². The van der Waals surface area contributed by atoms with E-state index in [2.05, 4.69) is 20.3 Å². The number of urea groups is 1. The van der Waals surface area contributed by atoms with Gasteiger partial charge in [0.2, 0.25) is 11.8 Å². The van der Waals surface area contributed by atoms with Gasteiger partial charge in [0.05, 0.1) is 28.4 Å². The molecule has 11 nitrogen and oxygen atoms in total. The minimum Gasteiger partial charge on any atom is -0.480 e. The molecule has 1 atom stereocenters. The van der Waals surface area contributed by atoms with E-state index in [0.29, 0.717) is 28.6 Å². The molecule has 0 saturated carbocycles. The van der Waals surface area contributed by atoms with E-state index < -0.39 is 23.4 Å². The number of fused-ring (bicyclic) bond motifs is 1. The van der Waals surface area contributed by atoms with Gasteiger partial charge < -0.3 is 19.2 Å². The van der Waals surface area contributed by atoms with Crippen LogP contribution in [0.2, 0.25) is 10.0 Å². The fourth-order valence-electron chi connectivity index (χ4n) is 4.66. The standard InChI is InChI=1S/C26H25Cl2FN8O3/c1-12(2)36-20-19(13-6-7-16(28)17(29)8-13)37(18-9-14(27)10-30-23(18)38)26(39)33-21(20)32-22(36)15-11-31-25(35(3)4)34-24(15)40-5/h6-12,19H,1-5H3,(H,30,38)(H,33,39). The lowest BCUT2D eigenvalue weighted by Crippen LogP contribution is -2.46. The van der Waals surface area contributed by atoms with E-state index in [9.17, 15) is 14.0 Å². The van der Waals surface area contributed by atoms with Gasteiger partial charge in [-0.15, -0.1) is 0 Å². The van der Waals surface area contributed by atoms with Gasteiger partial charge in [0.1, 0.15) is 23.4 Å². The van der Waals surface area contributed by atoms with Crippen molar-refractivity contribution in [1.82, 2.24) is 24.5 Å². The summed E-state index contributed by atoms with van der Waals surface area (Å²) in [6.45, 7) is 3.86. The van der Waals surface area contributed by atoms with Crippen LogP contribution in [0.1, 0.15) is 37.2 Å². The van der Waals surface area contributed by atoms with Crippen LogP contribution in [0, 0.1) is 5.82 Å². The Morgan fingerprint density at radius 1 is 1.15 bits per heavy atom. The molecule has 14 heteroatoms. The highest BCUT2D eigenvalue weighted by atomic mass is 35.5. The third kappa shape index (κ3) is 4.62. The van der Waals surface area contributed by atoms with Crippen LogP contribution in [-0.4, -0.2) is 51.7 Å². The van der Waals surface area contributed by atoms with E-state index in [1.54, 1.807) is 31.3 Å². The number of rotatable bonds is 6. The molecule has 0 bridgehead atoms. The van der Waals surface area contributed by atoms with Crippen molar-refractivity contribution in [2.45, 2.75) is 25.9 Å². The SMILES string of the molecule is COc1nc(N(C)C)ncc1-c1nc2c(n1C(C)C)C(c1ccc(Cl)c(F)c1)N(c1cc(Cl)c[nH]c1=O)C(=O)N2. The third-order valence-electron chi connectivity index (χ3n) is 6.37. The molecule has 2 amide bonds. The second kappa shape index (κ2) is 10.4. The monoisotopic (exact) mass is 586 g/mol. The molecule has 1 aliphatic rings. The Kier molecular flexibility index (Phi) is 7.15. The van der Waals surface area contributed by atoms with Crippen LogP contribution in [0.25, 0.3) is 11.4 Å². The zero-order valence-electron chi connectivity index (χ0n) is 22.2. The fraction of sp³-hybridized carbons (Fsp3) is 0.269. The lowest BCUT2D eigenvalue weighted by Gasteiger charge is -2.36. The van der Waals surface area contributed by atoms with Gasteiger partial charge in [-0.1, -0.05) is 29.3 Å². The molecule has 1 aromatic carbocycles. The summed E-state index contributed by atoms with van der Waals surface area (Å²) in [4.78, 5) is 45.7. The van der Waals surface area contributed by atoms with Crippen molar-refractivity contribution >= 4 is 46.7 Å². The highest BCUT2D eigenvalue weighted by Crippen LogP contribution is 2.44. The molecule has 40 heavy (non-hydrogen) atoms. The van der Waals surface area contributed by atoms with E-state index >= 15 is 0 Å². The van der Waals surface area contributed by atoms with Crippen molar-refractivity contribution in [2.24, 2.45) is 0 Å². The number of carbonyl (C=O) groups is 1. The number of carbonyl (C=O) groups excluding carboxylic acids is 1. The van der Waals surface area contributed by atoms with Crippen LogP contribution >= 0.6 is 23.2 Å². The summed E-state index contributed by atoms with van der Waals surface area (Å²) in [5, 5.41) is 2.90. The van der Waals surface area contributed by atoms with Gasteiger partial charge in [0.15, 0.2) is 5.82 Å². The van der Waals surface area contributed by atoms with E-state index in [1.807, 2.05) is 18.4 Å². The largest absolute Gasteiger partial charge is 0.480 e. The fourth-order valence-corrected chi connectivity index (χ4v) is 4.93. The second-order valence-electron chi connectivity index (χ2n) is 9.53. The van der Waals surface area contributed by atoms with Crippen LogP contribution < -0.4 is 25.4 Å². The van der Waals surface area contributed by atoms with Gasteiger partial charge in [-0.2, -0.15) is 4.98 Å². The Bertz CT molecular complexity index is 1690. The van der Waals surface area contributed by atoms with Gasteiger partial charge in [-0.25, -0.2) is 19.2 Å². The maximum Gasteiger partial charge on any atom is 0.328 e. The summed E-state index contributed by atoms with van der Waals surface area (Å²) in [6.07, 6.45) is 2.91. The molecule has 4 heterocycles.